The Bertz CT molecular complexity index is 658. The van der Waals surface area contributed by atoms with Crippen molar-refractivity contribution in [1.29, 1.82) is 0 Å². The molecule has 1 N–H and O–H groups in total. The van der Waals surface area contributed by atoms with E-state index in [0.717, 1.165) is 0 Å². The van der Waals surface area contributed by atoms with Crippen LogP contribution in [0.4, 0.5) is 4.39 Å². The molecule has 0 aliphatic carbocycles. The van der Waals surface area contributed by atoms with E-state index >= 15 is 0 Å². The second-order valence-electron chi connectivity index (χ2n) is 4.19. The summed E-state index contributed by atoms with van der Waals surface area (Å²) in [7, 11) is 0. The number of rotatable bonds is 6. The van der Waals surface area contributed by atoms with Gasteiger partial charge in [0.1, 0.15) is 10.8 Å². The van der Waals surface area contributed by atoms with Crippen LogP contribution in [-0.4, -0.2) is 27.6 Å². The topological polar surface area (TPSA) is 67.3 Å². The number of ketones is 1. The van der Waals surface area contributed by atoms with Gasteiger partial charge in [-0.25, -0.2) is 14.2 Å². The minimum absolute atomic E-state index is 0.115. The summed E-state index contributed by atoms with van der Waals surface area (Å²) in [4.78, 5) is 26.9. The Labute approximate surface area is 125 Å². The van der Waals surface area contributed by atoms with Crippen LogP contribution >= 0.6 is 11.8 Å². The molecule has 0 saturated carbocycles. The number of nitrogens with zero attached hydrogens (tertiary/aromatic N) is 1. The molecular weight excluding hydrogens is 293 g/mol. The lowest BCUT2D eigenvalue weighted by Gasteiger charge is -2.04. The van der Waals surface area contributed by atoms with Crippen molar-refractivity contribution in [2.75, 3.05) is 5.75 Å². The molecule has 108 valence electrons. The number of Topliss-reactive ketones (excluding diaryl/α,β-unsaturated/α-hetero) is 1. The Morgan fingerprint density at radius 1 is 1.19 bits per heavy atom. The molecule has 1 aromatic carbocycles. The van der Waals surface area contributed by atoms with Gasteiger partial charge in [-0.15, -0.1) is 11.8 Å². The molecular formula is C15H12FNO3S. The molecule has 6 heteroatoms. The van der Waals surface area contributed by atoms with Crippen LogP contribution in [0.5, 0.6) is 0 Å². The van der Waals surface area contributed by atoms with Gasteiger partial charge in [-0.05, 0) is 36.4 Å². The minimum Gasteiger partial charge on any atom is -0.478 e. The van der Waals surface area contributed by atoms with E-state index in [0.29, 0.717) is 16.3 Å². The van der Waals surface area contributed by atoms with Crippen LogP contribution in [-0.2, 0) is 0 Å². The maximum absolute atomic E-state index is 12.8. The number of pyridine rings is 1. The molecule has 0 bridgehead atoms. The normalized spacial score (nSPS) is 10.3. The van der Waals surface area contributed by atoms with E-state index < -0.39 is 5.97 Å². The van der Waals surface area contributed by atoms with Crippen molar-refractivity contribution in [3.05, 3.63) is 59.5 Å². The smallest absolute Gasteiger partial charge is 0.338 e. The number of aromatic carboxylic acids is 1. The lowest BCUT2D eigenvalue weighted by atomic mass is 10.1. The molecule has 0 spiro atoms. The van der Waals surface area contributed by atoms with Crippen molar-refractivity contribution in [2.24, 2.45) is 0 Å². The van der Waals surface area contributed by atoms with Gasteiger partial charge in [-0.1, -0.05) is 0 Å². The largest absolute Gasteiger partial charge is 0.478 e. The maximum Gasteiger partial charge on any atom is 0.338 e. The van der Waals surface area contributed by atoms with Crippen molar-refractivity contribution >= 4 is 23.5 Å². The number of aromatic nitrogens is 1. The van der Waals surface area contributed by atoms with Gasteiger partial charge in [0.15, 0.2) is 5.78 Å². The number of carboxylic acids is 1. The van der Waals surface area contributed by atoms with Gasteiger partial charge in [0.05, 0.1) is 5.56 Å². The van der Waals surface area contributed by atoms with Gasteiger partial charge >= 0.3 is 5.97 Å². The molecule has 1 aromatic heterocycles. The first-order chi connectivity index (χ1) is 10.1. The van der Waals surface area contributed by atoms with Gasteiger partial charge in [0.2, 0.25) is 0 Å². The molecule has 0 unspecified atom stereocenters. The van der Waals surface area contributed by atoms with Gasteiger partial charge in [0, 0.05) is 23.9 Å². The first-order valence-electron chi connectivity index (χ1n) is 6.18. The third-order valence-electron chi connectivity index (χ3n) is 2.74. The second-order valence-corrected chi connectivity index (χ2v) is 5.27. The van der Waals surface area contributed by atoms with Crippen molar-refractivity contribution in [2.45, 2.75) is 11.4 Å². The van der Waals surface area contributed by atoms with Crippen molar-refractivity contribution < 1.29 is 19.1 Å². The molecule has 0 radical (unpaired) electrons. The van der Waals surface area contributed by atoms with Gasteiger partial charge in [-0.2, -0.15) is 0 Å². The highest BCUT2D eigenvalue weighted by Crippen LogP contribution is 2.21. The monoisotopic (exact) mass is 305 g/mol. The number of carbonyl (C=O) groups excluding carboxylic acids is 1. The summed E-state index contributed by atoms with van der Waals surface area (Å²) < 4.78 is 12.8. The van der Waals surface area contributed by atoms with Crippen LogP contribution in [0.1, 0.15) is 27.1 Å². The summed E-state index contributed by atoms with van der Waals surface area (Å²) in [5.74, 6) is -1.14. The standard InChI is InChI=1S/C15H12FNO3S/c16-11-5-3-10(4-6-11)13(18)7-9-21-14-12(15(19)20)2-1-8-17-14/h1-6,8H,7,9H2,(H,19,20). The lowest BCUT2D eigenvalue weighted by Crippen LogP contribution is -2.03. The van der Waals surface area contributed by atoms with Crippen LogP contribution < -0.4 is 0 Å². The highest BCUT2D eigenvalue weighted by Gasteiger charge is 2.12. The molecule has 0 saturated heterocycles. The van der Waals surface area contributed by atoms with Crippen LogP contribution in [0.15, 0.2) is 47.6 Å². The van der Waals surface area contributed by atoms with E-state index in [2.05, 4.69) is 4.98 Å². The Hall–Kier alpha value is -2.21. The zero-order valence-corrected chi connectivity index (χ0v) is 11.8. The number of halogens is 1. The first-order valence-corrected chi connectivity index (χ1v) is 7.16. The van der Waals surface area contributed by atoms with E-state index in [4.69, 9.17) is 5.11 Å². The van der Waals surface area contributed by atoms with E-state index in [9.17, 15) is 14.0 Å². The lowest BCUT2D eigenvalue weighted by molar-refractivity contribution is 0.0692. The van der Waals surface area contributed by atoms with E-state index in [1.165, 1.54) is 48.3 Å². The Balaban J connectivity index is 1.94. The van der Waals surface area contributed by atoms with Crippen LogP contribution in [0.2, 0.25) is 0 Å². The number of carbonyl (C=O) groups is 2. The van der Waals surface area contributed by atoms with Crippen molar-refractivity contribution in [3.8, 4) is 0 Å². The molecule has 4 nitrogen and oxygen atoms in total. The summed E-state index contributed by atoms with van der Waals surface area (Å²) in [6.45, 7) is 0. The fraction of sp³-hybridized carbons (Fsp3) is 0.133. The van der Waals surface area contributed by atoms with Gasteiger partial charge in [-0.3, -0.25) is 4.79 Å². The zero-order valence-electron chi connectivity index (χ0n) is 11.0. The zero-order chi connectivity index (χ0) is 15.2. The summed E-state index contributed by atoms with van der Waals surface area (Å²) in [6, 6.07) is 8.37. The van der Waals surface area contributed by atoms with Gasteiger partial charge < -0.3 is 5.11 Å². The Morgan fingerprint density at radius 3 is 2.57 bits per heavy atom. The molecule has 0 aliphatic rings. The molecule has 2 aromatic rings. The minimum atomic E-state index is -1.05. The van der Waals surface area contributed by atoms with Crippen molar-refractivity contribution in [1.82, 2.24) is 4.98 Å². The Morgan fingerprint density at radius 2 is 1.90 bits per heavy atom. The van der Waals surface area contributed by atoms with E-state index in [1.807, 2.05) is 0 Å². The third-order valence-corrected chi connectivity index (χ3v) is 3.74. The number of hydrogen-bond donors (Lipinski definition) is 1. The highest BCUT2D eigenvalue weighted by molar-refractivity contribution is 7.99. The molecule has 0 aliphatic heterocycles. The third kappa shape index (κ3) is 4.13. The fourth-order valence-corrected chi connectivity index (χ4v) is 2.62. The number of hydrogen-bond acceptors (Lipinski definition) is 4. The van der Waals surface area contributed by atoms with Gasteiger partial charge in [0.25, 0.3) is 0 Å². The highest BCUT2D eigenvalue weighted by atomic mass is 32.2. The molecule has 21 heavy (non-hydrogen) atoms. The maximum atomic E-state index is 12.8. The summed E-state index contributed by atoms with van der Waals surface area (Å²) in [5, 5.41) is 9.41. The quantitative estimate of drug-likeness (QED) is 0.655. The molecule has 1 heterocycles. The summed E-state index contributed by atoms with van der Waals surface area (Å²) in [5.41, 5.74) is 0.563. The first kappa shape index (κ1) is 15.2. The summed E-state index contributed by atoms with van der Waals surface area (Å²) in [6.07, 6.45) is 1.74. The molecule has 0 amide bonds. The Kier molecular flexibility index (Phi) is 5.05. The average molecular weight is 305 g/mol. The molecule has 0 fully saturated rings. The fourth-order valence-electron chi connectivity index (χ4n) is 1.69. The van der Waals surface area contributed by atoms with E-state index in [-0.39, 0.29) is 23.6 Å². The number of benzene rings is 1. The molecule has 2 rings (SSSR count). The van der Waals surface area contributed by atoms with Crippen molar-refractivity contribution in [3.63, 3.8) is 0 Å². The van der Waals surface area contributed by atoms with Crippen LogP contribution in [0, 0.1) is 5.82 Å². The second kappa shape index (κ2) is 6.99. The number of thioether (sulfide) groups is 1. The SMILES string of the molecule is O=C(CCSc1ncccc1C(=O)O)c1ccc(F)cc1. The molecule has 0 atom stereocenters. The van der Waals surface area contributed by atoms with E-state index in [1.54, 1.807) is 6.07 Å². The number of carboxylic acid groups (broad SMARTS) is 1. The predicted octanol–water partition coefficient (Wildman–Crippen LogP) is 3.28. The average Bonchev–Trinajstić information content (AvgIpc) is 2.48. The summed E-state index contributed by atoms with van der Waals surface area (Å²) >= 11 is 1.21. The van der Waals surface area contributed by atoms with Crippen LogP contribution in [0.3, 0.4) is 0 Å². The van der Waals surface area contributed by atoms with Crippen LogP contribution in [0.25, 0.3) is 0 Å². The predicted molar refractivity (Wildman–Crippen MR) is 77.3 cm³/mol.